The molecular formula is C15H18O4. The zero-order valence-corrected chi connectivity index (χ0v) is 11.1. The summed E-state index contributed by atoms with van der Waals surface area (Å²) in [6.07, 6.45) is 0.409. The quantitative estimate of drug-likeness (QED) is 0.885. The van der Waals surface area contributed by atoms with Gasteiger partial charge in [0.2, 0.25) is 0 Å². The molecule has 0 radical (unpaired) electrons. The van der Waals surface area contributed by atoms with Gasteiger partial charge in [0.1, 0.15) is 18.0 Å². The standard InChI is InChI=1S/C15H18O4/c1-15(2)17-9-13(19-15)14-11(16)8-12(18-14)10-6-4-3-5-7-10/h3-8,11,13-14,16H,9H2,1-2H3/t11-,13-,14+/m1/s1. The van der Waals surface area contributed by atoms with E-state index in [1.54, 1.807) is 6.08 Å². The predicted molar refractivity (Wildman–Crippen MR) is 70.2 cm³/mol. The third-order valence-electron chi connectivity index (χ3n) is 3.38. The molecule has 4 nitrogen and oxygen atoms in total. The second kappa shape index (κ2) is 4.63. The summed E-state index contributed by atoms with van der Waals surface area (Å²) in [5.74, 6) is 0.0925. The van der Waals surface area contributed by atoms with Gasteiger partial charge in [0.15, 0.2) is 11.9 Å². The fraction of sp³-hybridized carbons (Fsp3) is 0.467. The second-order valence-electron chi connectivity index (χ2n) is 5.34. The number of ether oxygens (including phenoxy) is 3. The highest BCUT2D eigenvalue weighted by Gasteiger charge is 2.43. The van der Waals surface area contributed by atoms with E-state index in [-0.39, 0.29) is 6.10 Å². The van der Waals surface area contributed by atoms with Gasteiger partial charge in [-0.05, 0) is 19.9 Å². The summed E-state index contributed by atoms with van der Waals surface area (Å²) >= 11 is 0. The fourth-order valence-corrected chi connectivity index (χ4v) is 2.45. The van der Waals surface area contributed by atoms with Gasteiger partial charge in [0.05, 0.1) is 6.61 Å². The molecule has 0 bridgehead atoms. The van der Waals surface area contributed by atoms with Gasteiger partial charge in [-0.1, -0.05) is 30.3 Å². The molecule has 0 aromatic heterocycles. The van der Waals surface area contributed by atoms with E-state index in [9.17, 15) is 5.11 Å². The lowest BCUT2D eigenvalue weighted by Gasteiger charge is -2.23. The Bertz CT molecular complexity index is 480. The highest BCUT2D eigenvalue weighted by molar-refractivity contribution is 5.62. The van der Waals surface area contributed by atoms with Gasteiger partial charge in [0.25, 0.3) is 0 Å². The molecule has 2 aliphatic heterocycles. The number of rotatable bonds is 2. The Kier molecular flexibility index (Phi) is 3.09. The van der Waals surface area contributed by atoms with Gasteiger partial charge in [-0.3, -0.25) is 0 Å². The molecular weight excluding hydrogens is 244 g/mol. The van der Waals surface area contributed by atoms with Crippen molar-refractivity contribution in [2.24, 2.45) is 0 Å². The van der Waals surface area contributed by atoms with E-state index in [0.29, 0.717) is 12.4 Å². The van der Waals surface area contributed by atoms with Gasteiger partial charge in [0, 0.05) is 5.56 Å². The zero-order chi connectivity index (χ0) is 13.5. The van der Waals surface area contributed by atoms with Crippen molar-refractivity contribution in [1.82, 2.24) is 0 Å². The highest BCUT2D eigenvalue weighted by Crippen LogP contribution is 2.33. The van der Waals surface area contributed by atoms with Gasteiger partial charge in [-0.15, -0.1) is 0 Å². The van der Waals surface area contributed by atoms with Crippen LogP contribution < -0.4 is 0 Å². The minimum Gasteiger partial charge on any atom is -0.484 e. The van der Waals surface area contributed by atoms with Crippen LogP contribution in [-0.4, -0.2) is 35.8 Å². The minimum atomic E-state index is -0.669. The normalized spacial score (nSPS) is 33.0. The number of hydrogen-bond acceptors (Lipinski definition) is 4. The maximum absolute atomic E-state index is 10.1. The van der Waals surface area contributed by atoms with Crippen LogP contribution in [0.15, 0.2) is 36.4 Å². The van der Waals surface area contributed by atoms with Gasteiger partial charge in [-0.25, -0.2) is 0 Å². The molecule has 102 valence electrons. The van der Waals surface area contributed by atoms with E-state index in [4.69, 9.17) is 14.2 Å². The molecule has 4 heteroatoms. The lowest BCUT2D eigenvalue weighted by molar-refractivity contribution is -0.154. The monoisotopic (exact) mass is 262 g/mol. The van der Waals surface area contributed by atoms with Crippen LogP contribution in [0.3, 0.4) is 0 Å². The third-order valence-corrected chi connectivity index (χ3v) is 3.38. The summed E-state index contributed by atoms with van der Waals surface area (Å²) in [6, 6.07) is 9.74. The third kappa shape index (κ3) is 2.52. The largest absolute Gasteiger partial charge is 0.484 e. The summed E-state index contributed by atoms with van der Waals surface area (Å²) in [6.45, 7) is 4.16. The summed E-state index contributed by atoms with van der Waals surface area (Å²) in [4.78, 5) is 0. The van der Waals surface area contributed by atoms with E-state index in [0.717, 1.165) is 5.56 Å². The molecule has 1 aromatic rings. The molecule has 0 saturated carbocycles. The first-order valence-electron chi connectivity index (χ1n) is 6.49. The molecule has 3 atom stereocenters. The smallest absolute Gasteiger partial charge is 0.163 e. The fourth-order valence-electron chi connectivity index (χ4n) is 2.45. The first-order valence-corrected chi connectivity index (χ1v) is 6.49. The number of aliphatic hydroxyl groups excluding tert-OH is 1. The molecule has 0 aliphatic carbocycles. The molecule has 1 fully saturated rings. The van der Waals surface area contributed by atoms with E-state index in [2.05, 4.69) is 0 Å². The zero-order valence-electron chi connectivity index (χ0n) is 11.1. The summed E-state index contributed by atoms with van der Waals surface area (Å²) in [5.41, 5.74) is 0.960. The molecule has 19 heavy (non-hydrogen) atoms. The van der Waals surface area contributed by atoms with Crippen LogP contribution in [0, 0.1) is 0 Å². The average molecular weight is 262 g/mol. The number of hydrogen-bond donors (Lipinski definition) is 1. The first-order chi connectivity index (χ1) is 9.05. The SMILES string of the molecule is CC1(C)OC[C@H]([C@H]2OC(c3ccccc3)=C[C@H]2O)O1. The maximum atomic E-state index is 10.1. The average Bonchev–Trinajstić information content (AvgIpc) is 2.93. The molecule has 2 heterocycles. The molecule has 2 aliphatic rings. The number of aliphatic hydroxyl groups is 1. The van der Waals surface area contributed by atoms with Gasteiger partial charge in [-0.2, -0.15) is 0 Å². The highest BCUT2D eigenvalue weighted by atomic mass is 16.7. The van der Waals surface area contributed by atoms with Crippen LogP contribution in [-0.2, 0) is 14.2 Å². The minimum absolute atomic E-state index is 0.248. The molecule has 3 rings (SSSR count). The molecule has 1 aromatic carbocycles. The van der Waals surface area contributed by atoms with Crippen molar-refractivity contribution >= 4 is 5.76 Å². The Morgan fingerprint density at radius 1 is 1.21 bits per heavy atom. The van der Waals surface area contributed by atoms with Gasteiger partial charge < -0.3 is 19.3 Å². The van der Waals surface area contributed by atoms with Crippen molar-refractivity contribution in [3.63, 3.8) is 0 Å². The van der Waals surface area contributed by atoms with Crippen LogP contribution in [0.5, 0.6) is 0 Å². The summed E-state index contributed by atoms with van der Waals surface area (Å²) in [7, 11) is 0. The van der Waals surface area contributed by atoms with Crippen LogP contribution >= 0.6 is 0 Å². The van der Waals surface area contributed by atoms with E-state index < -0.39 is 18.0 Å². The van der Waals surface area contributed by atoms with Crippen molar-refractivity contribution in [2.75, 3.05) is 6.61 Å². The lowest BCUT2D eigenvalue weighted by Crippen LogP contribution is -2.37. The van der Waals surface area contributed by atoms with E-state index in [1.165, 1.54) is 0 Å². The van der Waals surface area contributed by atoms with Crippen LogP contribution in [0.2, 0.25) is 0 Å². The van der Waals surface area contributed by atoms with Crippen molar-refractivity contribution in [2.45, 2.75) is 37.9 Å². The van der Waals surface area contributed by atoms with Crippen LogP contribution in [0.25, 0.3) is 5.76 Å². The summed E-state index contributed by atoms with van der Waals surface area (Å²) < 4.78 is 17.1. The van der Waals surface area contributed by atoms with Crippen molar-refractivity contribution in [3.05, 3.63) is 42.0 Å². The molecule has 0 unspecified atom stereocenters. The molecule has 1 N–H and O–H groups in total. The summed E-state index contributed by atoms with van der Waals surface area (Å²) in [5, 5.41) is 10.1. The maximum Gasteiger partial charge on any atom is 0.163 e. The second-order valence-corrected chi connectivity index (χ2v) is 5.34. The van der Waals surface area contributed by atoms with E-state index >= 15 is 0 Å². The Labute approximate surface area is 112 Å². The number of benzene rings is 1. The Balaban J connectivity index is 1.72. The van der Waals surface area contributed by atoms with Crippen molar-refractivity contribution in [3.8, 4) is 0 Å². The van der Waals surface area contributed by atoms with Gasteiger partial charge >= 0.3 is 0 Å². The Morgan fingerprint density at radius 3 is 2.58 bits per heavy atom. The Hall–Kier alpha value is -1.36. The van der Waals surface area contributed by atoms with E-state index in [1.807, 2.05) is 44.2 Å². The first kappa shape index (κ1) is 12.7. The molecule has 0 amide bonds. The van der Waals surface area contributed by atoms with Crippen LogP contribution in [0.1, 0.15) is 19.4 Å². The topological polar surface area (TPSA) is 47.9 Å². The lowest BCUT2D eigenvalue weighted by atomic mass is 10.1. The van der Waals surface area contributed by atoms with Crippen molar-refractivity contribution < 1.29 is 19.3 Å². The molecule has 1 saturated heterocycles. The van der Waals surface area contributed by atoms with Crippen molar-refractivity contribution in [1.29, 1.82) is 0 Å². The Morgan fingerprint density at radius 2 is 1.95 bits per heavy atom. The molecule has 0 spiro atoms. The van der Waals surface area contributed by atoms with Crippen LogP contribution in [0.4, 0.5) is 0 Å². The predicted octanol–water partition coefficient (Wildman–Crippen LogP) is 1.94.